The molecular formula is C10H15NO2. The van der Waals surface area contributed by atoms with Crippen LogP contribution in [0.2, 0.25) is 0 Å². The standard InChI is InChI=1S/C10H15NO2/c1-11(2)7-10-4-3-9(13-10)5-8(12)6-10/h3-4,9H,5-7H2,1-2H3. The van der Waals surface area contributed by atoms with Crippen LogP contribution in [0.3, 0.4) is 0 Å². The Balaban J connectivity index is 2.13. The fraction of sp³-hybridized carbons (Fsp3) is 0.700. The molecule has 2 aliphatic heterocycles. The molecular weight excluding hydrogens is 166 g/mol. The van der Waals surface area contributed by atoms with Crippen LogP contribution in [0, 0.1) is 0 Å². The van der Waals surface area contributed by atoms with E-state index in [4.69, 9.17) is 4.74 Å². The van der Waals surface area contributed by atoms with Crippen LogP contribution in [0.1, 0.15) is 12.8 Å². The molecule has 0 aromatic carbocycles. The average Bonchev–Trinajstić information content (AvgIpc) is 2.24. The topological polar surface area (TPSA) is 29.5 Å². The molecule has 2 aliphatic rings. The summed E-state index contributed by atoms with van der Waals surface area (Å²) in [6.45, 7) is 0.797. The first-order valence-corrected chi connectivity index (χ1v) is 4.63. The van der Waals surface area contributed by atoms with E-state index in [0.29, 0.717) is 18.6 Å². The zero-order valence-electron chi connectivity index (χ0n) is 8.12. The number of fused-ring (bicyclic) bond motifs is 2. The zero-order chi connectivity index (χ0) is 9.47. The fourth-order valence-electron chi connectivity index (χ4n) is 2.18. The minimum absolute atomic E-state index is 0.0428. The molecule has 3 heteroatoms. The van der Waals surface area contributed by atoms with Crippen molar-refractivity contribution in [1.82, 2.24) is 4.90 Å². The van der Waals surface area contributed by atoms with E-state index in [2.05, 4.69) is 11.0 Å². The number of nitrogens with zero attached hydrogens (tertiary/aromatic N) is 1. The molecule has 2 atom stereocenters. The zero-order valence-corrected chi connectivity index (χ0v) is 8.12. The number of rotatable bonds is 2. The van der Waals surface area contributed by atoms with Crippen molar-refractivity contribution >= 4 is 5.78 Å². The van der Waals surface area contributed by atoms with Gasteiger partial charge in [0.05, 0.1) is 6.10 Å². The molecule has 1 saturated heterocycles. The van der Waals surface area contributed by atoms with Gasteiger partial charge in [0.25, 0.3) is 0 Å². The second-order valence-corrected chi connectivity index (χ2v) is 4.24. The molecule has 2 unspecified atom stereocenters. The number of carbonyl (C=O) groups is 1. The van der Waals surface area contributed by atoms with Gasteiger partial charge in [-0.3, -0.25) is 4.79 Å². The van der Waals surface area contributed by atoms with E-state index in [-0.39, 0.29) is 11.7 Å². The Morgan fingerprint density at radius 3 is 3.15 bits per heavy atom. The molecule has 2 heterocycles. The molecule has 2 rings (SSSR count). The molecule has 13 heavy (non-hydrogen) atoms. The molecule has 72 valence electrons. The van der Waals surface area contributed by atoms with Crippen LogP contribution in [0.5, 0.6) is 0 Å². The molecule has 0 aromatic rings. The van der Waals surface area contributed by atoms with Gasteiger partial charge in [-0.25, -0.2) is 0 Å². The summed E-state index contributed by atoms with van der Waals surface area (Å²) >= 11 is 0. The highest BCUT2D eigenvalue weighted by Gasteiger charge is 2.42. The van der Waals surface area contributed by atoms with Crippen LogP contribution >= 0.6 is 0 Å². The molecule has 0 saturated carbocycles. The van der Waals surface area contributed by atoms with Crippen molar-refractivity contribution in [1.29, 1.82) is 0 Å². The smallest absolute Gasteiger partial charge is 0.139 e. The number of hydrogen-bond acceptors (Lipinski definition) is 3. The van der Waals surface area contributed by atoms with E-state index in [9.17, 15) is 4.79 Å². The van der Waals surface area contributed by atoms with E-state index in [1.54, 1.807) is 0 Å². The predicted molar refractivity (Wildman–Crippen MR) is 49.5 cm³/mol. The van der Waals surface area contributed by atoms with E-state index < -0.39 is 0 Å². The summed E-state index contributed by atoms with van der Waals surface area (Å²) < 4.78 is 5.79. The molecule has 0 amide bonds. The van der Waals surface area contributed by atoms with E-state index in [1.165, 1.54) is 0 Å². The maximum Gasteiger partial charge on any atom is 0.139 e. The summed E-state index contributed by atoms with van der Waals surface area (Å²) in [5, 5.41) is 0. The van der Waals surface area contributed by atoms with Crippen molar-refractivity contribution in [2.45, 2.75) is 24.5 Å². The van der Waals surface area contributed by atoms with Crippen LogP contribution in [0.4, 0.5) is 0 Å². The van der Waals surface area contributed by atoms with Gasteiger partial charge < -0.3 is 9.64 Å². The molecule has 2 bridgehead atoms. The number of ketones is 1. The summed E-state index contributed by atoms with van der Waals surface area (Å²) in [4.78, 5) is 13.4. The van der Waals surface area contributed by atoms with Crippen molar-refractivity contribution in [2.75, 3.05) is 20.6 Å². The van der Waals surface area contributed by atoms with Gasteiger partial charge in [-0.05, 0) is 14.1 Å². The van der Waals surface area contributed by atoms with Crippen molar-refractivity contribution in [3.63, 3.8) is 0 Å². The Morgan fingerprint density at radius 1 is 1.69 bits per heavy atom. The minimum atomic E-state index is -0.316. The molecule has 1 fully saturated rings. The Hall–Kier alpha value is -0.670. The summed E-state index contributed by atoms with van der Waals surface area (Å²) in [6, 6.07) is 0. The Morgan fingerprint density at radius 2 is 2.46 bits per heavy atom. The monoisotopic (exact) mass is 181 g/mol. The largest absolute Gasteiger partial charge is 0.361 e. The Kier molecular flexibility index (Phi) is 2.00. The quantitative estimate of drug-likeness (QED) is 0.584. The second-order valence-electron chi connectivity index (χ2n) is 4.24. The SMILES string of the molecule is CN(C)CC12C=CC(CC(=O)C1)O2. The normalized spacial score (nSPS) is 37.5. The van der Waals surface area contributed by atoms with Crippen molar-refractivity contribution in [3.8, 4) is 0 Å². The van der Waals surface area contributed by atoms with Gasteiger partial charge in [-0.2, -0.15) is 0 Å². The number of carbonyl (C=O) groups excluding carboxylic acids is 1. The van der Waals surface area contributed by atoms with Gasteiger partial charge in [0, 0.05) is 19.4 Å². The highest BCUT2D eigenvalue weighted by Crippen LogP contribution is 2.34. The number of Topliss-reactive ketones (excluding diaryl/α,β-unsaturated/α-hetero) is 1. The molecule has 0 aliphatic carbocycles. The molecule has 0 N–H and O–H groups in total. The van der Waals surface area contributed by atoms with Crippen LogP contribution in [0.15, 0.2) is 12.2 Å². The number of likely N-dealkylation sites (N-methyl/N-ethyl adjacent to an activating group) is 1. The van der Waals surface area contributed by atoms with E-state index in [0.717, 1.165) is 6.54 Å². The van der Waals surface area contributed by atoms with Gasteiger partial charge in [0.15, 0.2) is 0 Å². The lowest BCUT2D eigenvalue weighted by atomic mass is 9.94. The molecule has 3 nitrogen and oxygen atoms in total. The average molecular weight is 181 g/mol. The van der Waals surface area contributed by atoms with Crippen LogP contribution in [-0.2, 0) is 9.53 Å². The van der Waals surface area contributed by atoms with Gasteiger partial charge in [0.2, 0.25) is 0 Å². The minimum Gasteiger partial charge on any atom is -0.361 e. The van der Waals surface area contributed by atoms with Gasteiger partial charge >= 0.3 is 0 Å². The summed E-state index contributed by atoms with van der Waals surface area (Å²) in [6.07, 6.45) is 5.22. The van der Waals surface area contributed by atoms with Gasteiger partial charge in [-0.1, -0.05) is 12.2 Å². The molecule has 0 aromatic heterocycles. The van der Waals surface area contributed by atoms with Crippen LogP contribution in [0.25, 0.3) is 0 Å². The summed E-state index contributed by atoms with van der Waals surface area (Å²) in [5.74, 6) is 0.322. The molecule has 0 radical (unpaired) electrons. The number of hydrogen-bond donors (Lipinski definition) is 0. The Bertz CT molecular complexity index is 260. The summed E-state index contributed by atoms with van der Waals surface area (Å²) in [7, 11) is 4.00. The third-order valence-corrected chi connectivity index (χ3v) is 2.51. The lowest BCUT2D eigenvalue weighted by Gasteiger charge is -2.34. The van der Waals surface area contributed by atoms with Crippen LogP contribution in [-0.4, -0.2) is 43.0 Å². The van der Waals surface area contributed by atoms with Gasteiger partial charge in [-0.15, -0.1) is 0 Å². The number of ether oxygens (including phenoxy) is 1. The third-order valence-electron chi connectivity index (χ3n) is 2.51. The van der Waals surface area contributed by atoms with E-state index >= 15 is 0 Å². The molecule has 0 spiro atoms. The lowest BCUT2D eigenvalue weighted by Crippen LogP contribution is -2.45. The first kappa shape index (κ1) is 8.91. The lowest BCUT2D eigenvalue weighted by molar-refractivity contribution is -0.138. The van der Waals surface area contributed by atoms with E-state index in [1.807, 2.05) is 20.2 Å². The van der Waals surface area contributed by atoms with Crippen molar-refractivity contribution in [2.24, 2.45) is 0 Å². The van der Waals surface area contributed by atoms with Gasteiger partial charge in [0.1, 0.15) is 11.4 Å². The van der Waals surface area contributed by atoms with Crippen LogP contribution < -0.4 is 0 Å². The maximum absolute atomic E-state index is 11.4. The highest BCUT2D eigenvalue weighted by molar-refractivity contribution is 5.82. The third kappa shape index (κ3) is 1.67. The summed E-state index contributed by atoms with van der Waals surface area (Å²) in [5.41, 5.74) is -0.316. The first-order chi connectivity index (χ1) is 6.10. The van der Waals surface area contributed by atoms with Crippen molar-refractivity contribution < 1.29 is 9.53 Å². The Labute approximate surface area is 78.4 Å². The first-order valence-electron chi connectivity index (χ1n) is 4.63. The highest BCUT2D eigenvalue weighted by atomic mass is 16.5. The van der Waals surface area contributed by atoms with Crippen molar-refractivity contribution in [3.05, 3.63) is 12.2 Å². The predicted octanol–water partition coefficient (Wildman–Crippen LogP) is 0.605. The fourth-order valence-corrected chi connectivity index (χ4v) is 2.18. The second kappa shape index (κ2) is 2.93. The maximum atomic E-state index is 11.4.